The lowest BCUT2D eigenvalue weighted by Crippen LogP contribution is -2.33. The first-order valence-corrected chi connectivity index (χ1v) is 11.6. The Morgan fingerprint density at radius 3 is 2.32 bits per heavy atom. The van der Waals surface area contributed by atoms with Crippen LogP contribution >= 0.6 is 11.3 Å². The van der Waals surface area contributed by atoms with Crippen LogP contribution < -0.4 is 15.5 Å². The number of carbonyl (C=O) groups is 2. The Balaban J connectivity index is 1.55. The molecule has 0 aliphatic heterocycles. The number of likely N-dealkylation sites (N-methyl/N-ethyl adjacent to an activating group) is 1. The van der Waals surface area contributed by atoms with E-state index in [0.29, 0.717) is 10.6 Å². The highest BCUT2D eigenvalue weighted by Gasteiger charge is 2.26. The number of hydrogen-bond acceptors (Lipinski definition) is 4. The van der Waals surface area contributed by atoms with Crippen molar-refractivity contribution in [3.8, 4) is 0 Å². The lowest BCUT2D eigenvalue weighted by molar-refractivity contribution is -0.114. The second kappa shape index (κ2) is 9.79. The van der Waals surface area contributed by atoms with Gasteiger partial charge < -0.3 is 15.5 Å². The largest absolute Gasteiger partial charge is 0.362 e. The van der Waals surface area contributed by atoms with Gasteiger partial charge in [0.25, 0.3) is 5.91 Å². The average molecular weight is 434 g/mol. The number of anilines is 3. The number of rotatable bonds is 7. The lowest BCUT2D eigenvalue weighted by Gasteiger charge is -2.22. The fourth-order valence-electron chi connectivity index (χ4n) is 3.97. The van der Waals surface area contributed by atoms with Crippen LogP contribution in [0.5, 0.6) is 0 Å². The molecule has 5 nitrogen and oxygen atoms in total. The van der Waals surface area contributed by atoms with E-state index >= 15 is 0 Å². The molecule has 2 amide bonds. The molecule has 6 heteroatoms. The summed E-state index contributed by atoms with van der Waals surface area (Å²) < 4.78 is 0. The number of fused-ring (bicyclic) bond motifs is 1. The van der Waals surface area contributed by atoms with E-state index in [4.69, 9.17) is 0 Å². The summed E-state index contributed by atoms with van der Waals surface area (Å²) >= 11 is 1.55. The summed E-state index contributed by atoms with van der Waals surface area (Å²) in [4.78, 5) is 29.3. The van der Waals surface area contributed by atoms with Gasteiger partial charge in [-0.15, -0.1) is 11.3 Å². The van der Waals surface area contributed by atoms with Gasteiger partial charge in [0.15, 0.2) is 0 Å². The molecule has 2 aromatic carbocycles. The molecule has 0 bridgehead atoms. The highest BCUT2D eigenvalue weighted by molar-refractivity contribution is 7.17. The number of nitrogens with zero attached hydrogens (tertiary/aromatic N) is 1. The van der Waals surface area contributed by atoms with Crippen molar-refractivity contribution < 1.29 is 9.59 Å². The van der Waals surface area contributed by atoms with Crippen LogP contribution in [0.25, 0.3) is 0 Å². The number of amides is 2. The monoisotopic (exact) mass is 433 g/mol. The SMILES string of the molecule is CCN(CC(=O)Nc1sc2c(c1C(=O)Nc1ccccc1)CCCC2)c1ccccc1. The van der Waals surface area contributed by atoms with Crippen LogP contribution in [0.4, 0.5) is 16.4 Å². The smallest absolute Gasteiger partial charge is 0.258 e. The summed E-state index contributed by atoms with van der Waals surface area (Å²) in [5, 5.41) is 6.70. The van der Waals surface area contributed by atoms with Gasteiger partial charge in [-0.2, -0.15) is 0 Å². The number of nitrogens with one attached hydrogen (secondary N) is 2. The molecule has 0 unspecified atom stereocenters. The summed E-state index contributed by atoms with van der Waals surface area (Å²) in [6, 6.07) is 19.3. The van der Waals surface area contributed by atoms with Gasteiger partial charge in [0.1, 0.15) is 5.00 Å². The van der Waals surface area contributed by atoms with Gasteiger partial charge >= 0.3 is 0 Å². The van der Waals surface area contributed by atoms with E-state index in [2.05, 4.69) is 10.6 Å². The molecule has 0 saturated carbocycles. The molecule has 0 spiro atoms. The third kappa shape index (κ3) is 4.97. The summed E-state index contributed by atoms with van der Waals surface area (Å²) in [6.45, 7) is 2.99. The van der Waals surface area contributed by atoms with Gasteiger partial charge in [-0.1, -0.05) is 36.4 Å². The summed E-state index contributed by atoms with van der Waals surface area (Å²) in [5.41, 5.74) is 3.48. The average Bonchev–Trinajstić information content (AvgIpc) is 3.16. The Kier molecular flexibility index (Phi) is 6.67. The van der Waals surface area contributed by atoms with Crippen molar-refractivity contribution in [1.29, 1.82) is 0 Å². The molecular formula is C25H27N3O2S. The Morgan fingerprint density at radius 1 is 0.935 bits per heavy atom. The molecule has 0 saturated heterocycles. The molecule has 1 heterocycles. The van der Waals surface area contributed by atoms with E-state index in [1.54, 1.807) is 11.3 Å². The fourth-order valence-corrected chi connectivity index (χ4v) is 5.28. The Bertz CT molecular complexity index is 1050. The minimum absolute atomic E-state index is 0.113. The number of aryl methyl sites for hydroxylation is 1. The third-order valence-corrected chi connectivity index (χ3v) is 6.73. The van der Waals surface area contributed by atoms with Crippen LogP contribution in [0.3, 0.4) is 0 Å². The molecule has 160 valence electrons. The number of benzene rings is 2. The van der Waals surface area contributed by atoms with Crippen molar-refractivity contribution >= 4 is 39.5 Å². The van der Waals surface area contributed by atoms with Crippen LogP contribution in [0.2, 0.25) is 0 Å². The van der Waals surface area contributed by atoms with E-state index in [9.17, 15) is 9.59 Å². The first-order valence-electron chi connectivity index (χ1n) is 10.8. The summed E-state index contributed by atoms with van der Waals surface area (Å²) in [6.07, 6.45) is 4.04. The van der Waals surface area contributed by atoms with E-state index in [0.717, 1.165) is 49.2 Å². The van der Waals surface area contributed by atoms with Crippen LogP contribution in [0.15, 0.2) is 60.7 Å². The van der Waals surface area contributed by atoms with E-state index < -0.39 is 0 Å². The Hall–Kier alpha value is -3.12. The maximum absolute atomic E-state index is 13.2. The summed E-state index contributed by atoms with van der Waals surface area (Å²) in [7, 11) is 0. The van der Waals surface area contributed by atoms with Crippen molar-refractivity contribution in [3.05, 3.63) is 76.7 Å². The van der Waals surface area contributed by atoms with Crippen molar-refractivity contribution in [2.24, 2.45) is 0 Å². The molecule has 0 fully saturated rings. The minimum Gasteiger partial charge on any atom is -0.362 e. The van der Waals surface area contributed by atoms with Crippen LogP contribution in [-0.4, -0.2) is 24.9 Å². The second-order valence-electron chi connectivity index (χ2n) is 7.63. The number of carbonyl (C=O) groups excluding carboxylic acids is 2. The molecule has 3 aromatic rings. The van der Waals surface area contributed by atoms with E-state index in [1.165, 1.54) is 4.88 Å². The predicted octanol–water partition coefficient (Wildman–Crippen LogP) is 5.34. The molecule has 31 heavy (non-hydrogen) atoms. The number of para-hydroxylation sites is 2. The highest BCUT2D eigenvalue weighted by atomic mass is 32.1. The van der Waals surface area contributed by atoms with Crippen molar-refractivity contribution in [2.75, 3.05) is 28.6 Å². The first kappa shape index (κ1) is 21.1. The van der Waals surface area contributed by atoms with Gasteiger partial charge in [0.2, 0.25) is 5.91 Å². The van der Waals surface area contributed by atoms with Crippen LogP contribution in [0.1, 0.15) is 40.6 Å². The topological polar surface area (TPSA) is 61.4 Å². The standard InChI is InChI=1S/C25H27N3O2S/c1-2-28(19-13-7-4-8-14-19)17-22(29)27-25-23(20-15-9-10-16-21(20)31-25)24(30)26-18-11-5-3-6-12-18/h3-8,11-14H,2,9-10,15-17H2,1H3,(H,26,30)(H,27,29). The number of thiophene rings is 1. The quantitative estimate of drug-likeness (QED) is 0.528. The van der Waals surface area contributed by atoms with Crippen molar-refractivity contribution in [3.63, 3.8) is 0 Å². The van der Waals surface area contributed by atoms with Crippen LogP contribution in [0, 0.1) is 0 Å². The van der Waals surface area contributed by atoms with E-state index in [1.807, 2.05) is 72.5 Å². The molecule has 1 aromatic heterocycles. The maximum atomic E-state index is 13.2. The normalized spacial score (nSPS) is 12.7. The molecular weight excluding hydrogens is 406 g/mol. The number of hydrogen-bond donors (Lipinski definition) is 2. The van der Waals surface area contributed by atoms with Gasteiger partial charge in [-0.3, -0.25) is 9.59 Å². The zero-order valence-corrected chi connectivity index (χ0v) is 18.5. The second-order valence-corrected chi connectivity index (χ2v) is 8.74. The molecule has 0 atom stereocenters. The predicted molar refractivity (Wildman–Crippen MR) is 128 cm³/mol. The summed E-state index contributed by atoms with van der Waals surface area (Å²) in [5.74, 6) is -0.269. The van der Waals surface area contributed by atoms with Crippen molar-refractivity contribution in [2.45, 2.75) is 32.6 Å². The zero-order valence-electron chi connectivity index (χ0n) is 17.7. The Morgan fingerprint density at radius 2 is 1.61 bits per heavy atom. The molecule has 0 radical (unpaired) electrons. The minimum atomic E-state index is -0.156. The van der Waals surface area contributed by atoms with Crippen molar-refractivity contribution in [1.82, 2.24) is 0 Å². The van der Waals surface area contributed by atoms with Crippen LogP contribution in [-0.2, 0) is 17.6 Å². The highest BCUT2D eigenvalue weighted by Crippen LogP contribution is 2.38. The molecule has 2 N–H and O–H groups in total. The molecule has 4 rings (SSSR count). The first-order chi connectivity index (χ1) is 15.2. The molecule has 1 aliphatic carbocycles. The molecule has 1 aliphatic rings. The van der Waals surface area contributed by atoms with Gasteiger partial charge in [-0.05, 0) is 62.4 Å². The fraction of sp³-hybridized carbons (Fsp3) is 0.280. The van der Waals surface area contributed by atoms with Gasteiger partial charge in [0, 0.05) is 22.8 Å². The maximum Gasteiger partial charge on any atom is 0.258 e. The third-order valence-electron chi connectivity index (χ3n) is 5.52. The van der Waals surface area contributed by atoms with E-state index in [-0.39, 0.29) is 18.4 Å². The zero-order chi connectivity index (χ0) is 21.6. The lowest BCUT2D eigenvalue weighted by atomic mass is 9.95. The van der Waals surface area contributed by atoms with Gasteiger partial charge in [-0.25, -0.2) is 0 Å². The Labute approximate surface area is 187 Å². The van der Waals surface area contributed by atoms with Gasteiger partial charge in [0.05, 0.1) is 12.1 Å².